The molecule has 0 saturated carbocycles. The fourth-order valence-electron chi connectivity index (χ4n) is 1.76. The van der Waals surface area contributed by atoms with Crippen molar-refractivity contribution in [1.82, 2.24) is 5.32 Å². The highest BCUT2D eigenvalue weighted by Crippen LogP contribution is 2.18. The minimum absolute atomic E-state index is 0.00634. The Balaban J connectivity index is 2.71. The van der Waals surface area contributed by atoms with Gasteiger partial charge in [-0.25, -0.2) is 0 Å². The van der Waals surface area contributed by atoms with E-state index in [0.29, 0.717) is 5.56 Å². The molecular weight excluding hydrogens is 244 g/mol. The molecule has 0 radical (unpaired) electrons. The van der Waals surface area contributed by atoms with Crippen LogP contribution >= 0.6 is 0 Å². The highest BCUT2D eigenvalue weighted by molar-refractivity contribution is 5.92. The number of amides is 1. The SMILES string of the molecule is CCCC(C)NC(=O)C=Cc1ccccc1[N+](=O)[O-]. The van der Waals surface area contributed by atoms with Crippen molar-refractivity contribution in [2.75, 3.05) is 0 Å². The molecule has 0 saturated heterocycles. The summed E-state index contributed by atoms with van der Waals surface area (Å²) in [5, 5.41) is 13.6. The number of para-hydroxylation sites is 1. The van der Waals surface area contributed by atoms with E-state index in [4.69, 9.17) is 0 Å². The van der Waals surface area contributed by atoms with Crippen LogP contribution in [-0.4, -0.2) is 16.9 Å². The summed E-state index contributed by atoms with van der Waals surface area (Å²) in [6.45, 7) is 3.98. The Hall–Kier alpha value is -2.17. The van der Waals surface area contributed by atoms with Gasteiger partial charge in [0.1, 0.15) is 0 Å². The number of hydrogen-bond acceptors (Lipinski definition) is 3. The van der Waals surface area contributed by atoms with Gasteiger partial charge in [0.25, 0.3) is 5.69 Å². The maximum atomic E-state index is 11.6. The lowest BCUT2D eigenvalue weighted by Gasteiger charge is -2.10. The highest BCUT2D eigenvalue weighted by Gasteiger charge is 2.10. The van der Waals surface area contributed by atoms with Gasteiger partial charge in [-0.1, -0.05) is 25.5 Å². The van der Waals surface area contributed by atoms with E-state index >= 15 is 0 Å². The quantitative estimate of drug-likeness (QED) is 0.486. The summed E-state index contributed by atoms with van der Waals surface area (Å²) >= 11 is 0. The van der Waals surface area contributed by atoms with Crippen molar-refractivity contribution in [3.8, 4) is 0 Å². The molecule has 1 rings (SSSR count). The van der Waals surface area contributed by atoms with Crippen LogP contribution in [0, 0.1) is 10.1 Å². The van der Waals surface area contributed by atoms with Crippen molar-refractivity contribution in [3.05, 3.63) is 46.0 Å². The van der Waals surface area contributed by atoms with Crippen LogP contribution in [0.3, 0.4) is 0 Å². The normalized spacial score (nSPS) is 12.3. The molecule has 0 spiro atoms. The van der Waals surface area contributed by atoms with Crippen LogP contribution in [0.1, 0.15) is 32.3 Å². The van der Waals surface area contributed by atoms with Crippen LogP contribution in [0.4, 0.5) is 5.69 Å². The summed E-state index contributed by atoms with van der Waals surface area (Å²) in [4.78, 5) is 22.0. The Morgan fingerprint density at radius 3 is 2.79 bits per heavy atom. The molecule has 1 aromatic carbocycles. The van der Waals surface area contributed by atoms with Gasteiger partial charge in [0.15, 0.2) is 0 Å². The minimum Gasteiger partial charge on any atom is -0.350 e. The van der Waals surface area contributed by atoms with E-state index in [0.717, 1.165) is 12.8 Å². The van der Waals surface area contributed by atoms with Crippen molar-refractivity contribution >= 4 is 17.7 Å². The Bertz CT molecular complexity index is 483. The Morgan fingerprint density at radius 2 is 2.16 bits per heavy atom. The summed E-state index contributed by atoms with van der Waals surface area (Å²) in [5.74, 6) is -0.237. The third-order valence-corrected chi connectivity index (χ3v) is 2.66. The Labute approximate surface area is 112 Å². The fraction of sp³-hybridized carbons (Fsp3) is 0.357. The summed E-state index contributed by atoms with van der Waals surface area (Å²) < 4.78 is 0. The molecule has 5 heteroatoms. The second kappa shape index (κ2) is 7.31. The number of carbonyl (C=O) groups excluding carboxylic acids is 1. The zero-order valence-electron chi connectivity index (χ0n) is 11.1. The van der Waals surface area contributed by atoms with Gasteiger partial charge in [0.05, 0.1) is 10.5 Å². The van der Waals surface area contributed by atoms with Gasteiger partial charge in [-0.05, 0) is 25.5 Å². The molecule has 5 nitrogen and oxygen atoms in total. The third kappa shape index (κ3) is 4.91. The molecule has 1 N–H and O–H groups in total. The smallest absolute Gasteiger partial charge is 0.276 e. The second-order valence-corrected chi connectivity index (χ2v) is 4.35. The maximum Gasteiger partial charge on any atom is 0.276 e. The van der Waals surface area contributed by atoms with Gasteiger partial charge >= 0.3 is 0 Å². The molecule has 0 aliphatic heterocycles. The molecule has 1 aromatic rings. The predicted molar refractivity (Wildman–Crippen MR) is 74.6 cm³/mol. The number of nitrogens with zero attached hydrogens (tertiary/aromatic N) is 1. The Morgan fingerprint density at radius 1 is 1.47 bits per heavy atom. The molecule has 102 valence electrons. The molecular formula is C14H18N2O3. The average molecular weight is 262 g/mol. The van der Waals surface area contributed by atoms with Crippen molar-refractivity contribution in [2.24, 2.45) is 0 Å². The van der Waals surface area contributed by atoms with E-state index in [2.05, 4.69) is 5.32 Å². The van der Waals surface area contributed by atoms with E-state index < -0.39 is 4.92 Å². The zero-order valence-corrected chi connectivity index (χ0v) is 11.1. The van der Waals surface area contributed by atoms with Gasteiger partial charge in [-0.15, -0.1) is 0 Å². The summed E-state index contributed by atoms with van der Waals surface area (Å²) in [6, 6.07) is 6.42. The first-order valence-electron chi connectivity index (χ1n) is 6.26. The highest BCUT2D eigenvalue weighted by atomic mass is 16.6. The van der Waals surface area contributed by atoms with E-state index in [-0.39, 0.29) is 17.6 Å². The zero-order chi connectivity index (χ0) is 14.3. The standard InChI is InChI=1S/C14H18N2O3/c1-3-6-11(2)15-14(17)10-9-12-7-4-5-8-13(12)16(18)19/h4-5,7-11H,3,6H2,1-2H3,(H,15,17). The van der Waals surface area contributed by atoms with Crippen LogP contribution in [0.2, 0.25) is 0 Å². The van der Waals surface area contributed by atoms with Crippen LogP contribution in [0.5, 0.6) is 0 Å². The van der Waals surface area contributed by atoms with Crippen molar-refractivity contribution in [1.29, 1.82) is 0 Å². The molecule has 0 fully saturated rings. The van der Waals surface area contributed by atoms with Crippen LogP contribution in [-0.2, 0) is 4.79 Å². The predicted octanol–water partition coefficient (Wildman–Crippen LogP) is 2.91. The largest absolute Gasteiger partial charge is 0.350 e. The maximum absolute atomic E-state index is 11.6. The number of nitro groups is 1. The monoisotopic (exact) mass is 262 g/mol. The summed E-state index contributed by atoms with van der Waals surface area (Å²) in [6.07, 6.45) is 4.70. The van der Waals surface area contributed by atoms with Crippen LogP contribution < -0.4 is 5.32 Å². The first-order chi connectivity index (χ1) is 9.04. The lowest BCUT2D eigenvalue weighted by Crippen LogP contribution is -2.30. The molecule has 0 heterocycles. The molecule has 0 aliphatic carbocycles. The second-order valence-electron chi connectivity index (χ2n) is 4.35. The number of benzene rings is 1. The molecule has 1 atom stereocenters. The first-order valence-corrected chi connectivity index (χ1v) is 6.26. The Kier molecular flexibility index (Phi) is 5.73. The molecule has 1 unspecified atom stereocenters. The van der Waals surface area contributed by atoms with E-state index in [1.807, 2.05) is 13.8 Å². The average Bonchev–Trinajstić information content (AvgIpc) is 2.36. The van der Waals surface area contributed by atoms with Crippen molar-refractivity contribution < 1.29 is 9.72 Å². The lowest BCUT2D eigenvalue weighted by atomic mass is 10.1. The van der Waals surface area contributed by atoms with Gasteiger partial charge in [-0.2, -0.15) is 0 Å². The molecule has 0 bridgehead atoms. The minimum atomic E-state index is -0.461. The van der Waals surface area contributed by atoms with Gasteiger partial charge in [0, 0.05) is 18.2 Å². The van der Waals surface area contributed by atoms with Gasteiger partial charge < -0.3 is 5.32 Å². The van der Waals surface area contributed by atoms with E-state index in [1.54, 1.807) is 18.2 Å². The fourth-order valence-corrected chi connectivity index (χ4v) is 1.76. The number of rotatable bonds is 6. The lowest BCUT2D eigenvalue weighted by molar-refractivity contribution is -0.385. The summed E-state index contributed by atoms with van der Waals surface area (Å²) in [7, 11) is 0. The first kappa shape index (κ1) is 14.9. The molecule has 1 amide bonds. The third-order valence-electron chi connectivity index (χ3n) is 2.66. The molecule has 19 heavy (non-hydrogen) atoms. The number of nitrogens with one attached hydrogen (secondary N) is 1. The van der Waals surface area contributed by atoms with Crippen molar-refractivity contribution in [3.63, 3.8) is 0 Å². The van der Waals surface area contributed by atoms with Crippen molar-refractivity contribution in [2.45, 2.75) is 32.7 Å². The van der Waals surface area contributed by atoms with Gasteiger partial charge in [-0.3, -0.25) is 14.9 Å². The molecule has 0 aromatic heterocycles. The topological polar surface area (TPSA) is 72.2 Å². The molecule has 0 aliphatic rings. The number of nitro benzene ring substituents is 1. The van der Waals surface area contributed by atoms with Gasteiger partial charge in [0.2, 0.25) is 5.91 Å². The number of carbonyl (C=O) groups is 1. The number of hydrogen-bond donors (Lipinski definition) is 1. The van der Waals surface area contributed by atoms with Crippen LogP contribution in [0.25, 0.3) is 6.08 Å². The van der Waals surface area contributed by atoms with Crippen LogP contribution in [0.15, 0.2) is 30.3 Å². The van der Waals surface area contributed by atoms with E-state index in [9.17, 15) is 14.9 Å². The van der Waals surface area contributed by atoms with E-state index in [1.165, 1.54) is 18.2 Å². The summed E-state index contributed by atoms with van der Waals surface area (Å²) in [5.41, 5.74) is 0.416.